The van der Waals surface area contributed by atoms with Crippen LogP contribution in [0, 0.1) is 17.3 Å². The van der Waals surface area contributed by atoms with Gasteiger partial charge in [0.05, 0.1) is 33.4 Å². The predicted molar refractivity (Wildman–Crippen MR) is 95.8 cm³/mol. The molecule has 1 aromatic rings. The number of hydrogen-bond acceptors (Lipinski definition) is 5. The number of benzene rings is 1. The van der Waals surface area contributed by atoms with E-state index in [9.17, 15) is 4.79 Å². The maximum atomic E-state index is 12.3. The molecule has 1 saturated carbocycles. The van der Waals surface area contributed by atoms with Gasteiger partial charge in [0.25, 0.3) is 0 Å². The third kappa shape index (κ3) is 4.66. The smallest absolute Gasteiger partial charge is 0.310 e. The third-order valence-corrected chi connectivity index (χ3v) is 4.76. The first kappa shape index (κ1) is 19.6. The van der Waals surface area contributed by atoms with E-state index in [1.54, 1.807) is 14.2 Å². The van der Waals surface area contributed by atoms with E-state index >= 15 is 0 Å². The minimum absolute atomic E-state index is 0.0909. The lowest BCUT2D eigenvalue weighted by Gasteiger charge is -2.20. The van der Waals surface area contributed by atoms with Crippen molar-refractivity contribution >= 4 is 5.97 Å². The lowest BCUT2D eigenvalue weighted by Crippen LogP contribution is -2.26. The molecule has 1 aliphatic carbocycles. The summed E-state index contributed by atoms with van der Waals surface area (Å²) in [6.07, 6.45) is 0. The van der Waals surface area contributed by atoms with Gasteiger partial charge in [-0.2, -0.15) is 0 Å². The Kier molecular flexibility index (Phi) is 5.67. The van der Waals surface area contributed by atoms with Crippen LogP contribution in [0.3, 0.4) is 0 Å². The van der Waals surface area contributed by atoms with Gasteiger partial charge in [0.2, 0.25) is 0 Å². The molecule has 2 atom stereocenters. The number of carbonyl (C=O) groups is 1. The number of esters is 1. The summed E-state index contributed by atoms with van der Waals surface area (Å²) in [6.45, 7) is 10.8. The summed E-state index contributed by atoms with van der Waals surface area (Å²) in [4.78, 5) is 12.3. The topological polar surface area (TPSA) is 54.0 Å². The Morgan fingerprint density at radius 2 is 1.84 bits per heavy atom. The third-order valence-electron chi connectivity index (χ3n) is 4.76. The summed E-state index contributed by atoms with van der Waals surface area (Å²) < 4.78 is 22.0. The normalized spacial score (nSPS) is 21.6. The molecule has 5 heteroatoms. The van der Waals surface area contributed by atoms with Gasteiger partial charge in [0, 0.05) is 17.5 Å². The first-order chi connectivity index (χ1) is 11.6. The van der Waals surface area contributed by atoms with E-state index in [4.69, 9.17) is 18.9 Å². The Hall–Kier alpha value is -1.75. The highest BCUT2D eigenvalue weighted by molar-refractivity contribution is 5.78. The zero-order valence-corrected chi connectivity index (χ0v) is 16.3. The van der Waals surface area contributed by atoms with E-state index < -0.39 is 5.60 Å². The Balaban J connectivity index is 1.91. The van der Waals surface area contributed by atoms with Gasteiger partial charge in [0.15, 0.2) is 0 Å². The van der Waals surface area contributed by atoms with E-state index in [1.807, 2.05) is 39.0 Å². The van der Waals surface area contributed by atoms with E-state index in [-0.39, 0.29) is 23.2 Å². The van der Waals surface area contributed by atoms with E-state index in [1.165, 1.54) is 0 Å². The van der Waals surface area contributed by atoms with Crippen LogP contribution < -0.4 is 9.47 Å². The van der Waals surface area contributed by atoms with Gasteiger partial charge in [-0.05, 0) is 38.3 Å². The van der Waals surface area contributed by atoms with Gasteiger partial charge in [-0.15, -0.1) is 0 Å². The number of ether oxygens (including phenoxy) is 4. The molecule has 0 heterocycles. The van der Waals surface area contributed by atoms with Gasteiger partial charge in [-0.25, -0.2) is 0 Å². The quantitative estimate of drug-likeness (QED) is 0.700. The first-order valence-electron chi connectivity index (χ1n) is 8.61. The van der Waals surface area contributed by atoms with Gasteiger partial charge >= 0.3 is 5.97 Å². The van der Waals surface area contributed by atoms with Crippen molar-refractivity contribution in [1.29, 1.82) is 0 Å². The van der Waals surface area contributed by atoms with Crippen molar-refractivity contribution in [3.8, 4) is 11.5 Å². The minimum atomic E-state index is -0.461. The summed E-state index contributed by atoms with van der Waals surface area (Å²) in [7, 11) is 3.25. The molecular weight excluding hydrogens is 320 g/mol. The molecule has 140 valence electrons. The standard InChI is InChI=1S/C20H30O5/c1-19(2,3)25-18(21)17-15(20(17,4)5)12-24-11-13-8-9-14(22-6)10-16(13)23-7/h8-10,15,17H,11-12H2,1-7H3. The van der Waals surface area contributed by atoms with Gasteiger partial charge in [0.1, 0.15) is 17.1 Å². The van der Waals surface area contributed by atoms with Gasteiger partial charge < -0.3 is 18.9 Å². The SMILES string of the molecule is COc1ccc(COCC2C(C(=O)OC(C)(C)C)C2(C)C)c(OC)c1. The van der Waals surface area contributed by atoms with E-state index in [0.717, 1.165) is 17.1 Å². The molecule has 1 fully saturated rings. The summed E-state index contributed by atoms with van der Waals surface area (Å²) in [6, 6.07) is 5.65. The van der Waals surface area contributed by atoms with Crippen LogP contribution in [0.2, 0.25) is 0 Å². The molecule has 0 spiro atoms. The molecule has 1 aromatic carbocycles. The summed E-state index contributed by atoms with van der Waals surface area (Å²) in [5.74, 6) is 1.41. The zero-order chi connectivity index (χ0) is 18.8. The highest BCUT2D eigenvalue weighted by Crippen LogP contribution is 2.59. The molecule has 0 N–H and O–H groups in total. The van der Waals surface area contributed by atoms with Crippen molar-refractivity contribution < 1.29 is 23.7 Å². The molecule has 0 aliphatic heterocycles. The largest absolute Gasteiger partial charge is 0.497 e. The Bertz CT molecular complexity index is 615. The molecule has 2 rings (SSSR count). The molecule has 0 bridgehead atoms. The first-order valence-corrected chi connectivity index (χ1v) is 8.61. The second-order valence-electron chi connectivity index (χ2n) is 8.13. The molecular formula is C20H30O5. The van der Waals surface area contributed by atoms with Crippen molar-refractivity contribution in [2.24, 2.45) is 17.3 Å². The van der Waals surface area contributed by atoms with Crippen molar-refractivity contribution in [3.63, 3.8) is 0 Å². The van der Waals surface area contributed by atoms with Crippen molar-refractivity contribution in [2.45, 2.75) is 46.8 Å². The van der Waals surface area contributed by atoms with Crippen LogP contribution in [0.1, 0.15) is 40.2 Å². The maximum Gasteiger partial charge on any atom is 0.310 e. The molecule has 25 heavy (non-hydrogen) atoms. The molecule has 0 aromatic heterocycles. The molecule has 0 amide bonds. The minimum Gasteiger partial charge on any atom is -0.497 e. The summed E-state index contributed by atoms with van der Waals surface area (Å²) >= 11 is 0. The van der Waals surface area contributed by atoms with Gasteiger partial charge in [-0.3, -0.25) is 4.79 Å². The van der Waals surface area contributed by atoms with Crippen LogP contribution in [0.4, 0.5) is 0 Å². The maximum absolute atomic E-state index is 12.3. The average molecular weight is 350 g/mol. The Morgan fingerprint density at radius 1 is 1.16 bits per heavy atom. The number of methoxy groups -OCH3 is 2. The Labute approximate surface area is 150 Å². The fourth-order valence-corrected chi connectivity index (χ4v) is 3.16. The van der Waals surface area contributed by atoms with E-state index in [0.29, 0.717) is 13.2 Å². The van der Waals surface area contributed by atoms with Crippen molar-refractivity contribution in [3.05, 3.63) is 23.8 Å². The molecule has 5 nitrogen and oxygen atoms in total. The molecule has 2 unspecified atom stereocenters. The van der Waals surface area contributed by atoms with Crippen LogP contribution in [0.15, 0.2) is 18.2 Å². The average Bonchev–Trinajstić information content (AvgIpc) is 3.07. The fourth-order valence-electron chi connectivity index (χ4n) is 3.16. The second-order valence-corrected chi connectivity index (χ2v) is 8.13. The van der Waals surface area contributed by atoms with Crippen LogP contribution in [0.25, 0.3) is 0 Å². The lowest BCUT2D eigenvalue weighted by atomic mass is 10.1. The number of hydrogen-bond donors (Lipinski definition) is 0. The summed E-state index contributed by atoms with van der Waals surface area (Å²) in [5, 5.41) is 0. The fraction of sp³-hybridized carbons (Fsp3) is 0.650. The van der Waals surface area contributed by atoms with E-state index in [2.05, 4.69) is 13.8 Å². The molecule has 0 saturated heterocycles. The summed E-state index contributed by atoms with van der Waals surface area (Å²) in [5.41, 5.74) is 0.403. The predicted octanol–water partition coefficient (Wildman–Crippen LogP) is 3.83. The Morgan fingerprint density at radius 3 is 2.40 bits per heavy atom. The highest BCUT2D eigenvalue weighted by atomic mass is 16.6. The highest BCUT2D eigenvalue weighted by Gasteiger charge is 2.63. The van der Waals surface area contributed by atoms with Crippen LogP contribution >= 0.6 is 0 Å². The molecule has 0 radical (unpaired) electrons. The zero-order valence-electron chi connectivity index (χ0n) is 16.3. The van der Waals surface area contributed by atoms with Crippen LogP contribution in [0.5, 0.6) is 11.5 Å². The lowest BCUT2D eigenvalue weighted by molar-refractivity contribution is -0.157. The van der Waals surface area contributed by atoms with Crippen LogP contribution in [-0.4, -0.2) is 32.4 Å². The monoisotopic (exact) mass is 350 g/mol. The number of rotatable bonds is 7. The number of carbonyl (C=O) groups excluding carboxylic acids is 1. The van der Waals surface area contributed by atoms with Crippen molar-refractivity contribution in [1.82, 2.24) is 0 Å². The van der Waals surface area contributed by atoms with Gasteiger partial charge in [-0.1, -0.05) is 13.8 Å². The molecule has 1 aliphatic rings. The van der Waals surface area contributed by atoms with Crippen molar-refractivity contribution in [2.75, 3.05) is 20.8 Å². The second kappa shape index (κ2) is 7.24. The van der Waals surface area contributed by atoms with Crippen LogP contribution in [-0.2, 0) is 20.9 Å².